The second kappa shape index (κ2) is 11.8. The van der Waals surface area contributed by atoms with Crippen LogP contribution < -0.4 is 10.2 Å². The molecule has 2 atom stereocenters. The fraction of sp³-hybridized carbons (Fsp3) is 0.385. The molecule has 2 fully saturated rings. The zero-order chi connectivity index (χ0) is 27.2. The summed E-state index contributed by atoms with van der Waals surface area (Å²) in [5.74, 6) is -1.11. The van der Waals surface area contributed by atoms with E-state index in [1.54, 1.807) is 56.4 Å². The summed E-state index contributed by atoms with van der Waals surface area (Å²) < 4.78 is 10.6. The fourth-order valence-electron chi connectivity index (χ4n) is 4.37. The number of benzene rings is 1. The topological polar surface area (TPSA) is 145 Å². The third-order valence-corrected chi connectivity index (χ3v) is 6.40. The molecule has 0 saturated carbocycles. The first-order valence-corrected chi connectivity index (χ1v) is 12.3. The number of nitrogens with zero attached hydrogens (tertiary/aromatic N) is 4. The van der Waals surface area contributed by atoms with Crippen LogP contribution in [0.25, 0.3) is 0 Å². The van der Waals surface area contributed by atoms with Crippen molar-refractivity contribution in [2.75, 3.05) is 44.2 Å². The number of hydrogen-bond acceptors (Lipinski definition) is 9. The number of carbonyl (C=O) groups excluding carboxylic acids is 4. The Bertz CT molecular complexity index is 1200. The second-order valence-corrected chi connectivity index (χ2v) is 8.98. The largest absolute Gasteiger partial charge is 0.464 e. The van der Waals surface area contributed by atoms with Gasteiger partial charge in [-0.15, -0.1) is 0 Å². The van der Waals surface area contributed by atoms with Gasteiger partial charge in [-0.3, -0.25) is 29.8 Å². The lowest BCUT2D eigenvalue weighted by Gasteiger charge is -2.37. The number of nitrogens with one attached hydrogen (secondary N) is 2. The third-order valence-electron chi connectivity index (χ3n) is 6.40. The average Bonchev–Trinajstić information content (AvgIpc) is 3.28. The van der Waals surface area contributed by atoms with E-state index in [9.17, 15) is 19.2 Å². The molecule has 2 aliphatic heterocycles. The van der Waals surface area contributed by atoms with Gasteiger partial charge in [0.05, 0.1) is 25.3 Å². The van der Waals surface area contributed by atoms with E-state index in [2.05, 4.69) is 10.3 Å². The van der Waals surface area contributed by atoms with E-state index in [4.69, 9.17) is 14.9 Å². The molecule has 2 saturated heterocycles. The van der Waals surface area contributed by atoms with Gasteiger partial charge in [-0.25, -0.2) is 9.59 Å². The zero-order valence-electron chi connectivity index (χ0n) is 21.3. The predicted molar refractivity (Wildman–Crippen MR) is 137 cm³/mol. The molecule has 1 aromatic heterocycles. The van der Waals surface area contributed by atoms with E-state index in [0.717, 1.165) is 0 Å². The molecular weight excluding hydrogens is 492 g/mol. The van der Waals surface area contributed by atoms with Crippen molar-refractivity contribution in [3.8, 4) is 0 Å². The molecule has 1 aromatic carbocycles. The Morgan fingerprint density at radius 2 is 1.95 bits per heavy atom. The number of piperazine rings is 1. The van der Waals surface area contributed by atoms with Gasteiger partial charge >= 0.3 is 12.1 Å². The number of pyridine rings is 1. The number of ether oxygens (including phenoxy) is 2. The molecular formula is C26H30N6O6. The molecule has 3 heterocycles. The second-order valence-electron chi connectivity index (χ2n) is 8.98. The standard InChI is InChI=1S/C26H30N6O6/c1-3-37-25(35)17(2)31-12-11-30(16-22(31)33)14-21-15-32(26(36)38-21)20-8-6-18(7-9-20)23(27)29-24(34)19-5-4-10-28-13-19/h4-10,13,17,21H,3,11-12,14-16H2,1-2H3,(H2,27,29,34). The zero-order valence-corrected chi connectivity index (χ0v) is 21.3. The Labute approximate surface area is 220 Å². The van der Waals surface area contributed by atoms with Crippen molar-refractivity contribution in [3.63, 3.8) is 0 Å². The lowest BCUT2D eigenvalue weighted by Crippen LogP contribution is -2.56. The summed E-state index contributed by atoms with van der Waals surface area (Å²) in [4.78, 5) is 58.2. The lowest BCUT2D eigenvalue weighted by molar-refractivity contribution is -0.156. The van der Waals surface area contributed by atoms with E-state index < -0.39 is 30.1 Å². The van der Waals surface area contributed by atoms with Crippen LogP contribution in [0.5, 0.6) is 0 Å². The molecule has 0 spiro atoms. The van der Waals surface area contributed by atoms with E-state index in [1.165, 1.54) is 16.0 Å². The van der Waals surface area contributed by atoms with Crippen LogP contribution in [0.3, 0.4) is 0 Å². The summed E-state index contributed by atoms with van der Waals surface area (Å²) in [7, 11) is 0. The fourth-order valence-corrected chi connectivity index (χ4v) is 4.37. The molecule has 2 aromatic rings. The van der Waals surface area contributed by atoms with Crippen molar-refractivity contribution >= 4 is 35.4 Å². The summed E-state index contributed by atoms with van der Waals surface area (Å²) in [6.45, 7) is 5.39. The van der Waals surface area contributed by atoms with Crippen molar-refractivity contribution in [2.45, 2.75) is 26.0 Å². The highest BCUT2D eigenvalue weighted by Gasteiger charge is 2.37. The smallest absolute Gasteiger partial charge is 0.414 e. The number of carbonyl (C=O) groups is 4. The van der Waals surface area contributed by atoms with Gasteiger partial charge < -0.3 is 19.7 Å². The first-order chi connectivity index (χ1) is 18.3. The molecule has 12 nitrogen and oxygen atoms in total. The highest BCUT2D eigenvalue weighted by Crippen LogP contribution is 2.23. The summed E-state index contributed by atoms with van der Waals surface area (Å²) in [5.41, 5.74) is 1.41. The van der Waals surface area contributed by atoms with Crippen LogP contribution in [0.15, 0.2) is 48.8 Å². The molecule has 4 rings (SSSR count). The number of amidine groups is 1. The van der Waals surface area contributed by atoms with E-state index in [0.29, 0.717) is 43.0 Å². The summed E-state index contributed by atoms with van der Waals surface area (Å²) in [6.07, 6.45) is 2.05. The molecule has 2 N–H and O–H groups in total. The average molecular weight is 523 g/mol. The van der Waals surface area contributed by atoms with Crippen LogP contribution in [0.4, 0.5) is 10.5 Å². The molecule has 2 unspecified atom stereocenters. The summed E-state index contributed by atoms with van der Waals surface area (Å²) in [5, 5.41) is 10.7. The maximum atomic E-state index is 12.6. The number of esters is 1. The summed E-state index contributed by atoms with van der Waals surface area (Å²) in [6, 6.07) is 9.26. The SMILES string of the molecule is CCOC(=O)C(C)N1CCN(CC2CN(c3ccc(C(=N)NC(=O)c4cccnc4)cc3)C(=O)O2)CC1=O. The van der Waals surface area contributed by atoms with Crippen molar-refractivity contribution in [1.29, 1.82) is 5.41 Å². The number of cyclic esters (lactones) is 1. The van der Waals surface area contributed by atoms with Crippen molar-refractivity contribution in [3.05, 3.63) is 59.9 Å². The molecule has 2 aliphatic rings. The van der Waals surface area contributed by atoms with Gasteiger partial charge in [-0.1, -0.05) is 0 Å². The van der Waals surface area contributed by atoms with E-state index in [1.807, 2.05) is 4.90 Å². The van der Waals surface area contributed by atoms with E-state index >= 15 is 0 Å². The van der Waals surface area contributed by atoms with Crippen molar-refractivity contribution < 1.29 is 28.7 Å². The Hall–Kier alpha value is -4.32. The summed E-state index contributed by atoms with van der Waals surface area (Å²) >= 11 is 0. The number of anilines is 1. The van der Waals surface area contributed by atoms with Crippen LogP contribution >= 0.6 is 0 Å². The van der Waals surface area contributed by atoms with Gasteiger partial charge in [-0.05, 0) is 50.2 Å². The van der Waals surface area contributed by atoms with Gasteiger partial charge in [0.15, 0.2) is 0 Å². The first kappa shape index (κ1) is 26.7. The minimum atomic E-state index is -0.641. The van der Waals surface area contributed by atoms with Gasteiger partial charge in [0, 0.05) is 43.3 Å². The van der Waals surface area contributed by atoms with E-state index in [-0.39, 0.29) is 24.9 Å². The normalized spacial score (nSPS) is 18.6. The number of hydrogen-bond donors (Lipinski definition) is 2. The predicted octanol–water partition coefficient (Wildman–Crippen LogP) is 1.26. The Morgan fingerprint density at radius 1 is 1.18 bits per heavy atom. The maximum absolute atomic E-state index is 12.6. The molecule has 38 heavy (non-hydrogen) atoms. The Morgan fingerprint density at radius 3 is 2.61 bits per heavy atom. The molecule has 0 bridgehead atoms. The number of rotatable bonds is 8. The van der Waals surface area contributed by atoms with Crippen molar-refractivity contribution in [2.24, 2.45) is 0 Å². The van der Waals surface area contributed by atoms with Crippen LogP contribution in [0, 0.1) is 5.41 Å². The quantitative estimate of drug-likeness (QED) is 0.299. The van der Waals surface area contributed by atoms with Gasteiger partial charge in [0.25, 0.3) is 5.91 Å². The molecule has 0 aliphatic carbocycles. The number of aromatic nitrogens is 1. The van der Waals surface area contributed by atoms with Crippen LogP contribution in [0.2, 0.25) is 0 Å². The minimum Gasteiger partial charge on any atom is -0.464 e. The van der Waals surface area contributed by atoms with Crippen LogP contribution in [-0.4, -0.2) is 96.0 Å². The van der Waals surface area contributed by atoms with Gasteiger partial charge in [0.1, 0.15) is 18.0 Å². The Balaban J connectivity index is 1.29. The molecule has 200 valence electrons. The minimum absolute atomic E-state index is 0.0756. The van der Waals surface area contributed by atoms with Crippen LogP contribution in [-0.2, 0) is 19.1 Å². The first-order valence-electron chi connectivity index (χ1n) is 12.3. The lowest BCUT2D eigenvalue weighted by atomic mass is 10.1. The highest BCUT2D eigenvalue weighted by molar-refractivity contribution is 6.11. The maximum Gasteiger partial charge on any atom is 0.414 e. The third kappa shape index (κ3) is 6.14. The molecule has 0 radical (unpaired) electrons. The highest BCUT2D eigenvalue weighted by atomic mass is 16.6. The van der Waals surface area contributed by atoms with Crippen LogP contribution in [0.1, 0.15) is 29.8 Å². The number of amides is 3. The molecule has 3 amide bonds. The van der Waals surface area contributed by atoms with Crippen molar-refractivity contribution in [1.82, 2.24) is 20.1 Å². The van der Waals surface area contributed by atoms with Gasteiger partial charge in [0.2, 0.25) is 5.91 Å². The monoisotopic (exact) mass is 522 g/mol. The molecule has 12 heteroatoms. The Kier molecular flexibility index (Phi) is 8.31. The van der Waals surface area contributed by atoms with Gasteiger partial charge in [-0.2, -0.15) is 0 Å².